The number of halogens is 1. The largest absolute Gasteiger partial charge is 0.485 e. The fourth-order valence-corrected chi connectivity index (χ4v) is 5.26. The van der Waals surface area contributed by atoms with Gasteiger partial charge in [-0.05, 0) is 91.6 Å². The molecule has 0 aliphatic rings. The quantitative estimate of drug-likeness (QED) is 0.0313. The Labute approximate surface area is 335 Å². The third kappa shape index (κ3) is 16.1. The predicted octanol–water partition coefficient (Wildman–Crippen LogP) is 8.33. The van der Waals surface area contributed by atoms with Crippen LogP contribution < -0.4 is 28.4 Å². The number of ether oxygens (including phenoxy) is 12. The summed E-state index contributed by atoms with van der Waals surface area (Å²) in [5.41, 5.74) is 3.57. The molecule has 0 fully saturated rings. The highest BCUT2D eigenvalue weighted by Crippen LogP contribution is 2.41. The first kappa shape index (κ1) is 44.4. The molecular weight excluding hydrogens is 744 g/mol. The Balaban J connectivity index is 1.48. The minimum Gasteiger partial charge on any atom is -0.485 e. The van der Waals surface area contributed by atoms with Gasteiger partial charge in [0.15, 0.2) is 30.4 Å². The predicted molar refractivity (Wildman–Crippen MR) is 212 cm³/mol. The van der Waals surface area contributed by atoms with E-state index in [-0.39, 0.29) is 25.7 Å². The maximum atomic E-state index is 6.47. The monoisotopic (exact) mass is 798 g/mol. The second-order valence-electron chi connectivity index (χ2n) is 12.5. The zero-order valence-corrected chi connectivity index (χ0v) is 33.9. The van der Waals surface area contributed by atoms with Gasteiger partial charge >= 0.3 is 0 Å². The molecule has 3 unspecified atom stereocenters. The van der Waals surface area contributed by atoms with Crippen molar-refractivity contribution in [1.82, 2.24) is 0 Å². The normalized spacial score (nSPS) is 12.8. The Hall–Kier alpha value is -4.27. The zero-order valence-electron chi connectivity index (χ0n) is 33.2. The van der Waals surface area contributed by atoms with Crippen LogP contribution in [0.5, 0.6) is 34.5 Å². The lowest BCUT2D eigenvalue weighted by Crippen LogP contribution is -2.18. The molecule has 306 valence electrons. The third-order valence-corrected chi connectivity index (χ3v) is 8.31. The molecule has 0 radical (unpaired) electrons. The molecule has 0 spiro atoms. The average molecular weight is 799 g/mol. The van der Waals surface area contributed by atoms with Gasteiger partial charge in [0.25, 0.3) is 0 Å². The Kier molecular flexibility index (Phi) is 19.9. The first-order valence-electron chi connectivity index (χ1n) is 18.5. The number of alkyl halides is 1. The van der Waals surface area contributed by atoms with Crippen molar-refractivity contribution in [1.29, 1.82) is 0 Å². The van der Waals surface area contributed by atoms with E-state index in [0.717, 1.165) is 22.3 Å². The highest BCUT2D eigenvalue weighted by molar-refractivity contribution is 6.17. The van der Waals surface area contributed by atoms with E-state index >= 15 is 0 Å². The molecule has 0 aliphatic carbocycles. The number of methoxy groups -OCH3 is 3. The smallest absolute Gasteiger partial charge is 0.203 e. The molecule has 4 aromatic carbocycles. The average Bonchev–Trinajstić information content (AvgIpc) is 3.20. The Morgan fingerprint density at radius 2 is 0.750 bits per heavy atom. The van der Waals surface area contributed by atoms with Crippen LogP contribution >= 0.6 is 11.6 Å². The van der Waals surface area contributed by atoms with Crippen LogP contribution in [0.15, 0.2) is 84.9 Å². The molecule has 4 rings (SSSR count). The molecule has 0 N–H and O–H groups in total. The van der Waals surface area contributed by atoms with Gasteiger partial charge in [-0.3, -0.25) is 0 Å². The highest BCUT2D eigenvalue weighted by atomic mass is 35.5. The lowest BCUT2D eigenvalue weighted by Gasteiger charge is -2.19. The summed E-state index contributed by atoms with van der Waals surface area (Å²) in [6.07, 6.45) is -1.26. The summed E-state index contributed by atoms with van der Waals surface area (Å²) >= 11 is 6.37. The van der Waals surface area contributed by atoms with Crippen molar-refractivity contribution in [2.75, 3.05) is 61.0 Å². The van der Waals surface area contributed by atoms with Gasteiger partial charge in [-0.25, -0.2) is 0 Å². The van der Waals surface area contributed by atoms with E-state index in [0.29, 0.717) is 74.1 Å². The highest BCUT2D eigenvalue weighted by Gasteiger charge is 2.18. The summed E-state index contributed by atoms with van der Waals surface area (Å²) in [5, 5.41) is 0. The van der Waals surface area contributed by atoms with E-state index in [4.69, 9.17) is 68.4 Å². The molecule has 0 amide bonds. The first-order valence-corrected chi connectivity index (χ1v) is 19.0. The van der Waals surface area contributed by atoms with Crippen LogP contribution in [0.1, 0.15) is 43.0 Å². The molecular formula is C43H55ClO12. The van der Waals surface area contributed by atoms with Crippen molar-refractivity contribution >= 4 is 11.6 Å². The van der Waals surface area contributed by atoms with Gasteiger partial charge in [0, 0.05) is 27.2 Å². The molecule has 0 aliphatic heterocycles. The van der Waals surface area contributed by atoms with E-state index in [2.05, 4.69) is 0 Å². The maximum absolute atomic E-state index is 6.47. The van der Waals surface area contributed by atoms with Gasteiger partial charge in [0.05, 0.1) is 39.6 Å². The van der Waals surface area contributed by atoms with Crippen molar-refractivity contribution in [3.63, 3.8) is 0 Å². The zero-order chi connectivity index (χ0) is 40.0. The summed E-state index contributed by atoms with van der Waals surface area (Å²) in [6.45, 7) is 9.08. The van der Waals surface area contributed by atoms with Crippen molar-refractivity contribution < 1.29 is 56.8 Å². The second kappa shape index (κ2) is 25.1. The number of benzene rings is 4. The van der Waals surface area contributed by atoms with Gasteiger partial charge in [-0.15, -0.1) is 11.6 Å². The molecule has 0 saturated carbocycles. The Morgan fingerprint density at radius 3 is 1.05 bits per heavy atom. The molecule has 0 heterocycles. The molecule has 3 atom stereocenters. The van der Waals surface area contributed by atoms with E-state index in [9.17, 15) is 0 Å². The standard InChI is InChI=1S/C43H55ClO12/c1-31(48-22-19-45-4)54-38-13-7-34(8-14-38)28-51-41-25-37(27-44)26-42(52-29-35-9-15-39(16-10-35)55-32(2)49-23-20-46-5)43(41)53-30-36-11-17-40(18-12-36)56-33(3)50-24-21-47-6/h7-18,25-26,31-33H,19-24,27-30H2,1-6H3. The first-order chi connectivity index (χ1) is 27.3. The van der Waals surface area contributed by atoms with Crippen LogP contribution in [0.2, 0.25) is 0 Å². The molecule has 56 heavy (non-hydrogen) atoms. The van der Waals surface area contributed by atoms with E-state index in [1.165, 1.54) is 0 Å². The van der Waals surface area contributed by atoms with Crippen molar-refractivity contribution in [2.24, 2.45) is 0 Å². The lowest BCUT2D eigenvalue weighted by atomic mass is 10.2. The van der Waals surface area contributed by atoms with Crippen LogP contribution in [0, 0.1) is 0 Å². The van der Waals surface area contributed by atoms with Crippen LogP contribution in [-0.4, -0.2) is 79.8 Å². The fraction of sp³-hybridized carbons (Fsp3) is 0.442. The summed E-state index contributed by atoms with van der Waals surface area (Å²) in [7, 11) is 4.89. The van der Waals surface area contributed by atoms with Gasteiger partial charge in [-0.1, -0.05) is 36.4 Å². The van der Waals surface area contributed by atoms with Crippen molar-refractivity contribution in [2.45, 2.75) is 65.3 Å². The van der Waals surface area contributed by atoms with Gasteiger partial charge in [-0.2, -0.15) is 0 Å². The topological polar surface area (TPSA) is 111 Å². The van der Waals surface area contributed by atoms with Crippen molar-refractivity contribution in [3.8, 4) is 34.5 Å². The number of hydrogen-bond donors (Lipinski definition) is 0. The molecule has 13 heteroatoms. The second-order valence-corrected chi connectivity index (χ2v) is 12.8. The Bertz CT molecular complexity index is 1570. The summed E-state index contributed by atoms with van der Waals surface area (Å²) in [4.78, 5) is 0. The summed E-state index contributed by atoms with van der Waals surface area (Å²) in [6, 6.07) is 26.6. The molecule has 0 bridgehead atoms. The van der Waals surface area contributed by atoms with Crippen LogP contribution in [0.3, 0.4) is 0 Å². The minimum absolute atomic E-state index is 0.237. The lowest BCUT2D eigenvalue weighted by molar-refractivity contribution is -0.0798. The van der Waals surface area contributed by atoms with Gasteiger partial charge in [0.1, 0.15) is 37.1 Å². The van der Waals surface area contributed by atoms with E-state index < -0.39 is 18.9 Å². The van der Waals surface area contributed by atoms with Crippen LogP contribution in [-0.2, 0) is 54.1 Å². The summed E-state index contributed by atoms with van der Waals surface area (Å²) in [5.74, 6) is 3.71. The number of rotatable bonds is 28. The van der Waals surface area contributed by atoms with Crippen LogP contribution in [0.4, 0.5) is 0 Å². The number of hydrogen-bond acceptors (Lipinski definition) is 12. The Morgan fingerprint density at radius 1 is 0.429 bits per heavy atom. The van der Waals surface area contributed by atoms with Crippen molar-refractivity contribution in [3.05, 3.63) is 107 Å². The third-order valence-electron chi connectivity index (χ3n) is 8.00. The fourth-order valence-electron chi connectivity index (χ4n) is 5.10. The van der Waals surface area contributed by atoms with E-state index in [1.54, 1.807) is 21.3 Å². The van der Waals surface area contributed by atoms with Gasteiger partial charge in [0.2, 0.25) is 5.75 Å². The SMILES string of the molecule is COCCOC(C)Oc1ccc(COc2cc(CCl)cc(OCc3ccc(OC(C)OCCOC)cc3)c2OCc2ccc(OC(C)OCCOC)cc2)cc1. The maximum Gasteiger partial charge on any atom is 0.203 e. The molecule has 12 nitrogen and oxygen atoms in total. The molecule has 4 aromatic rings. The molecule has 0 saturated heterocycles. The molecule has 0 aromatic heterocycles. The van der Waals surface area contributed by atoms with E-state index in [1.807, 2.05) is 106 Å². The van der Waals surface area contributed by atoms with Crippen LogP contribution in [0.25, 0.3) is 0 Å². The minimum atomic E-state index is -0.424. The van der Waals surface area contributed by atoms with Gasteiger partial charge < -0.3 is 56.8 Å². The summed E-state index contributed by atoms with van der Waals surface area (Å²) < 4.78 is 68.8.